The van der Waals surface area contributed by atoms with E-state index in [0.29, 0.717) is 0 Å². The molecule has 0 bridgehead atoms. The average Bonchev–Trinajstić information content (AvgIpc) is 3.04. The number of nitrogens with zero attached hydrogens (tertiary/aromatic N) is 2. The average molecular weight is 256 g/mol. The molecule has 1 aliphatic rings. The van der Waals surface area contributed by atoms with Crippen LogP contribution >= 0.6 is 0 Å². The molecule has 0 saturated heterocycles. The Morgan fingerprint density at radius 3 is 3.16 bits per heavy atom. The summed E-state index contributed by atoms with van der Waals surface area (Å²) in [6.07, 6.45) is 4.01. The molecule has 0 atom stereocenters. The first-order valence-corrected chi connectivity index (χ1v) is 6.87. The summed E-state index contributed by atoms with van der Waals surface area (Å²) in [4.78, 5) is 0. The Hall–Kier alpha value is -1.81. The van der Waals surface area contributed by atoms with Gasteiger partial charge in [-0.3, -0.25) is 4.68 Å². The quantitative estimate of drug-likeness (QED) is 0.800. The number of nitrogens with one attached hydrogen (secondary N) is 2. The topological polar surface area (TPSA) is 41.9 Å². The predicted octanol–water partition coefficient (Wildman–Crippen LogP) is 1.72. The number of para-hydroxylation sites is 1. The monoisotopic (exact) mass is 256 g/mol. The highest BCUT2D eigenvalue weighted by molar-refractivity contribution is 5.61. The molecule has 19 heavy (non-hydrogen) atoms. The second kappa shape index (κ2) is 5.45. The summed E-state index contributed by atoms with van der Waals surface area (Å²) < 4.78 is 1.93. The van der Waals surface area contributed by atoms with E-state index in [2.05, 4.69) is 40.0 Å². The zero-order valence-corrected chi connectivity index (χ0v) is 11.3. The van der Waals surface area contributed by atoms with Gasteiger partial charge in [0.2, 0.25) is 0 Å². The highest BCUT2D eigenvalue weighted by atomic mass is 15.3. The largest absolute Gasteiger partial charge is 0.384 e. The molecule has 0 unspecified atom stereocenters. The SMILES string of the molecule is Cn1nccc1CCNCc1cccc2c1NCC2. The molecule has 0 fully saturated rings. The van der Waals surface area contributed by atoms with E-state index in [1.165, 1.54) is 22.5 Å². The van der Waals surface area contributed by atoms with Crippen LogP contribution in [-0.4, -0.2) is 22.9 Å². The van der Waals surface area contributed by atoms with Crippen molar-refractivity contribution in [3.05, 3.63) is 47.3 Å². The van der Waals surface area contributed by atoms with Gasteiger partial charge in [0.05, 0.1) is 0 Å². The summed E-state index contributed by atoms with van der Waals surface area (Å²) in [5.74, 6) is 0. The van der Waals surface area contributed by atoms with Gasteiger partial charge in [-0.05, 0) is 23.6 Å². The lowest BCUT2D eigenvalue weighted by atomic mass is 10.1. The van der Waals surface area contributed by atoms with Gasteiger partial charge in [-0.15, -0.1) is 0 Å². The molecule has 2 N–H and O–H groups in total. The first kappa shape index (κ1) is 12.2. The molecule has 3 rings (SSSR count). The Bertz CT molecular complexity index is 559. The smallest absolute Gasteiger partial charge is 0.0492 e. The molecule has 2 aromatic rings. The Morgan fingerprint density at radius 2 is 2.32 bits per heavy atom. The van der Waals surface area contributed by atoms with E-state index in [1.807, 2.05) is 17.9 Å². The van der Waals surface area contributed by atoms with Crippen LogP contribution in [0.4, 0.5) is 5.69 Å². The van der Waals surface area contributed by atoms with Crippen LogP contribution in [0.5, 0.6) is 0 Å². The van der Waals surface area contributed by atoms with Crippen LogP contribution in [0.25, 0.3) is 0 Å². The molecule has 4 heteroatoms. The van der Waals surface area contributed by atoms with E-state index in [4.69, 9.17) is 0 Å². The van der Waals surface area contributed by atoms with Crippen LogP contribution in [0.3, 0.4) is 0 Å². The second-order valence-electron chi connectivity index (χ2n) is 5.00. The minimum Gasteiger partial charge on any atom is -0.384 e. The zero-order valence-electron chi connectivity index (χ0n) is 11.3. The van der Waals surface area contributed by atoms with E-state index in [1.54, 1.807) is 0 Å². The molecular weight excluding hydrogens is 236 g/mol. The van der Waals surface area contributed by atoms with Gasteiger partial charge in [0.25, 0.3) is 0 Å². The molecule has 0 saturated carbocycles. The fourth-order valence-corrected chi connectivity index (χ4v) is 2.64. The molecule has 1 aliphatic heterocycles. The van der Waals surface area contributed by atoms with Gasteiger partial charge in [0.1, 0.15) is 0 Å². The lowest BCUT2D eigenvalue weighted by Crippen LogP contribution is -2.18. The number of anilines is 1. The van der Waals surface area contributed by atoms with Gasteiger partial charge in [0, 0.05) is 50.7 Å². The third kappa shape index (κ3) is 2.63. The summed E-state index contributed by atoms with van der Waals surface area (Å²) in [5.41, 5.74) is 5.44. The van der Waals surface area contributed by atoms with Crippen LogP contribution in [0, 0.1) is 0 Å². The summed E-state index contributed by atoms with van der Waals surface area (Å²) in [7, 11) is 1.99. The molecular formula is C15H20N4. The highest BCUT2D eigenvalue weighted by Crippen LogP contribution is 2.26. The number of aryl methyl sites for hydroxylation is 1. The first-order chi connectivity index (χ1) is 9.34. The van der Waals surface area contributed by atoms with Crippen molar-refractivity contribution in [2.75, 3.05) is 18.4 Å². The number of aromatic nitrogens is 2. The van der Waals surface area contributed by atoms with E-state index in [9.17, 15) is 0 Å². The third-order valence-electron chi connectivity index (χ3n) is 3.73. The van der Waals surface area contributed by atoms with Crippen molar-refractivity contribution in [2.24, 2.45) is 7.05 Å². The van der Waals surface area contributed by atoms with Gasteiger partial charge < -0.3 is 10.6 Å². The van der Waals surface area contributed by atoms with Crippen LogP contribution in [0.1, 0.15) is 16.8 Å². The van der Waals surface area contributed by atoms with Crippen molar-refractivity contribution in [3.8, 4) is 0 Å². The van der Waals surface area contributed by atoms with Gasteiger partial charge in [-0.25, -0.2) is 0 Å². The molecule has 4 nitrogen and oxygen atoms in total. The summed E-state index contributed by atoms with van der Waals surface area (Å²) in [6, 6.07) is 8.65. The van der Waals surface area contributed by atoms with Crippen molar-refractivity contribution in [1.82, 2.24) is 15.1 Å². The van der Waals surface area contributed by atoms with Crippen molar-refractivity contribution in [3.63, 3.8) is 0 Å². The fraction of sp³-hybridized carbons (Fsp3) is 0.400. The molecule has 100 valence electrons. The second-order valence-corrected chi connectivity index (χ2v) is 5.00. The number of hydrogen-bond donors (Lipinski definition) is 2. The maximum Gasteiger partial charge on any atom is 0.0492 e. The lowest BCUT2D eigenvalue weighted by molar-refractivity contribution is 0.643. The maximum absolute atomic E-state index is 4.18. The minimum absolute atomic E-state index is 0.925. The van der Waals surface area contributed by atoms with E-state index < -0.39 is 0 Å². The summed E-state index contributed by atoms with van der Waals surface area (Å²) in [6.45, 7) is 2.97. The van der Waals surface area contributed by atoms with Gasteiger partial charge in [-0.2, -0.15) is 5.10 Å². The minimum atomic E-state index is 0.925. The highest BCUT2D eigenvalue weighted by Gasteiger charge is 2.12. The lowest BCUT2D eigenvalue weighted by Gasteiger charge is -2.10. The number of fused-ring (bicyclic) bond motifs is 1. The van der Waals surface area contributed by atoms with Crippen molar-refractivity contribution >= 4 is 5.69 Å². The van der Waals surface area contributed by atoms with Crippen LogP contribution in [0.15, 0.2) is 30.5 Å². The van der Waals surface area contributed by atoms with Crippen molar-refractivity contribution < 1.29 is 0 Å². The Kier molecular flexibility index (Phi) is 3.51. The van der Waals surface area contributed by atoms with E-state index >= 15 is 0 Å². The molecule has 2 heterocycles. The number of hydrogen-bond acceptors (Lipinski definition) is 3. The van der Waals surface area contributed by atoms with Crippen LogP contribution in [-0.2, 0) is 26.4 Å². The molecule has 1 aromatic carbocycles. The third-order valence-corrected chi connectivity index (χ3v) is 3.73. The Balaban J connectivity index is 1.53. The molecule has 0 aliphatic carbocycles. The first-order valence-electron chi connectivity index (χ1n) is 6.87. The predicted molar refractivity (Wildman–Crippen MR) is 77.3 cm³/mol. The van der Waals surface area contributed by atoms with Crippen molar-refractivity contribution in [2.45, 2.75) is 19.4 Å². The number of rotatable bonds is 5. The molecule has 1 aromatic heterocycles. The molecule has 0 amide bonds. The van der Waals surface area contributed by atoms with Crippen LogP contribution in [0.2, 0.25) is 0 Å². The maximum atomic E-state index is 4.18. The normalized spacial score (nSPS) is 13.3. The van der Waals surface area contributed by atoms with E-state index in [0.717, 1.165) is 32.5 Å². The number of benzene rings is 1. The Morgan fingerprint density at radius 1 is 1.37 bits per heavy atom. The van der Waals surface area contributed by atoms with Crippen LogP contribution < -0.4 is 10.6 Å². The zero-order chi connectivity index (χ0) is 13.1. The van der Waals surface area contributed by atoms with Crippen molar-refractivity contribution in [1.29, 1.82) is 0 Å². The summed E-state index contributed by atoms with van der Waals surface area (Å²) >= 11 is 0. The molecule has 0 spiro atoms. The fourth-order valence-electron chi connectivity index (χ4n) is 2.64. The van der Waals surface area contributed by atoms with Gasteiger partial charge in [0.15, 0.2) is 0 Å². The Labute approximate surface area is 113 Å². The summed E-state index contributed by atoms with van der Waals surface area (Å²) in [5, 5.41) is 11.2. The van der Waals surface area contributed by atoms with E-state index in [-0.39, 0.29) is 0 Å². The van der Waals surface area contributed by atoms with Gasteiger partial charge >= 0.3 is 0 Å². The standard InChI is InChI=1S/C15H20N4/c1-19-14(7-10-18-19)6-8-16-11-13-4-2-3-12-5-9-17-15(12)13/h2-4,7,10,16-17H,5-6,8-9,11H2,1H3. The molecule has 0 radical (unpaired) electrons. The van der Waals surface area contributed by atoms with Gasteiger partial charge in [-0.1, -0.05) is 18.2 Å².